The Morgan fingerprint density at radius 2 is 1.49 bits per heavy atom. The maximum Gasteiger partial charge on any atom is 0.410 e. The van der Waals surface area contributed by atoms with Crippen LogP contribution in [0.3, 0.4) is 0 Å². The number of benzene rings is 3. The summed E-state index contributed by atoms with van der Waals surface area (Å²) in [5.41, 5.74) is 4.18. The predicted molar refractivity (Wildman–Crippen MR) is 153 cm³/mol. The van der Waals surface area contributed by atoms with Crippen molar-refractivity contribution >= 4 is 15.9 Å². The molecule has 3 aromatic rings. The molecular formula is C32H37NO5S. The van der Waals surface area contributed by atoms with Crippen LogP contribution in [0.4, 0.5) is 4.79 Å². The lowest BCUT2D eigenvalue weighted by molar-refractivity contribution is -0.0272. The largest absolute Gasteiger partial charge is 0.487 e. The maximum atomic E-state index is 12.7. The van der Waals surface area contributed by atoms with Crippen LogP contribution in [0.25, 0.3) is 11.1 Å². The molecule has 2 aliphatic rings. The molecule has 6 nitrogen and oxygen atoms in total. The van der Waals surface area contributed by atoms with Crippen LogP contribution in [0.1, 0.15) is 56.7 Å². The van der Waals surface area contributed by atoms with E-state index in [1.165, 1.54) is 5.56 Å². The van der Waals surface area contributed by atoms with Gasteiger partial charge < -0.3 is 14.4 Å². The summed E-state index contributed by atoms with van der Waals surface area (Å²) >= 11 is 0. The predicted octanol–water partition coefficient (Wildman–Crippen LogP) is 6.56. The highest BCUT2D eigenvalue weighted by molar-refractivity contribution is 7.89. The van der Waals surface area contributed by atoms with Gasteiger partial charge in [-0.05, 0) is 73.6 Å². The fourth-order valence-corrected chi connectivity index (χ4v) is 6.91. The molecule has 5 rings (SSSR count). The number of aryl methyl sites for hydroxylation is 1. The number of sulfone groups is 1. The number of rotatable bonds is 5. The van der Waals surface area contributed by atoms with E-state index in [-0.39, 0.29) is 23.2 Å². The van der Waals surface area contributed by atoms with Crippen LogP contribution < -0.4 is 4.74 Å². The summed E-state index contributed by atoms with van der Waals surface area (Å²) in [4.78, 5) is 14.2. The Hall–Kier alpha value is -3.32. The van der Waals surface area contributed by atoms with Crippen LogP contribution in [0, 0.1) is 0 Å². The molecule has 1 amide bonds. The van der Waals surface area contributed by atoms with Crippen molar-refractivity contribution in [3.8, 4) is 16.9 Å². The van der Waals surface area contributed by atoms with Gasteiger partial charge in [-0.15, -0.1) is 0 Å². The Kier molecular flexibility index (Phi) is 7.47. The molecule has 0 atom stereocenters. The van der Waals surface area contributed by atoms with E-state index in [9.17, 15) is 13.2 Å². The third kappa shape index (κ3) is 6.82. The molecule has 0 aromatic heterocycles. The van der Waals surface area contributed by atoms with E-state index in [1.807, 2.05) is 81.4 Å². The van der Waals surface area contributed by atoms with Crippen molar-refractivity contribution in [1.82, 2.24) is 4.90 Å². The number of nitrogens with zero attached hydrogens (tertiary/aromatic N) is 1. The molecule has 39 heavy (non-hydrogen) atoms. The normalized spacial score (nSPS) is 16.8. The highest BCUT2D eigenvalue weighted by atomic mass is 32.2. The zero-order valence-electron chi connectivity index (χ0n) is 23.0. The van der Waals surface area contributed by atoms with E-state index in [4.69, 9.17) is 9.47 Å². The molecule has 2 aliphatic heterocycles. The molecule has 0 unspecified atom stereocenters. The SMILES string of the molecule is CC(C)(C)OC(=O)N1CCC2(CCc3cc(-c4ccc(CS(=O)(=O)Cc5ccccc5)cc4)ccc3O2)CC1. The highest BCUT2D eigenvalue weighted by Gasteiger charge is 2.41. The van der Waals surface area contributed by atoms with Crippen molar-refractivity contribution in [2.24, 2.45) is 0 Å². The van der Waals surface area contributed by atoms with E-state index in [0.717, 1.165) is 53.7 Å². The third-order valence-corrected chi connectivity index (χ3v) is 9.01. The Morgan fingerprint density at radius 3 is 2.13 bits per heavy atom. The van der Waals surface area contributed by atoms with Gasteiger partial charge in [-0.2, -0.15) is 0 Å². The van der Waals surface area contributed by atoms with Gasteiger partial charge in [-0.25, -0.2) is 13.2 Å². The van der Waals surface area contributed by atoms with Gasteiger partial charge in [0, 0.05) is 25.9 Å². The molecule has 1 saturated heterocycles. The highest BCUT2D eigenvalue weighted by Crippen LogP contribution is 2.41. The molecule has 3 aromatic carbocycles. The van der Waals surface area contributed by atoms with Crippen LogP contribution in [-0.2, 0) is 32.5 Å². The summed E-state index contributed by atoms with van der Waals surface area (Å²) in [5.74, 6) is 0.980. The molecule has 0 aliphatic carbocycles. The van der Waals surface area contributed by atoms with Gasteiger partial charge in [0.2, 0.25) is 0 Å². The quantitative estimate of drug-likeness (QED) is 0.362. The maximum absolute atomic E-state index is 12.7. The average Bonchev–Trinajstić information content (AvgIpc) is 2.88. The topological polar surface area (TPSA) is 72.9 Å². The molecule has 1 spiro atoms. The first kappa shape index (κ1) is 27.3. The van der Waals surface area contributed by atoms with Gasteiger partial charge in [0.25, 0.3) is 0 Å². The van der Waals surface area contributed by atoms with Crippen molar-refractivity contribution < 1.29 is 22.7 Å². The van der Waals surface area contributed by atoms with E-state index in [1.54, 1.807) is 4.90 Å². The van der Waals surface area contributed by atoms with Crippen molar-refractivity contribution in [2.45, 2.75) is 69.2 Å². The Morgan fingerprint density at radius 1 is 0.872 bits per heavy atom. The van der Waals surface area contributed by atoms with E-state index >= 15 is 0 Å². The molecular weight excluding hydrogens is 510 g/mol. The molecule has 0 N–H and O–H groups in total. The number of carbonyl (C=O) groups excluding carboxylic acids is 1. The average molecular weight is 548 g/mol. The monoisotopic (exact) mass is 547 g/mol. The summed E-state index contributed by atoms with van der Waals surface area (Å²) < 4.78 is 37.5. The summed E-state index contributed by atoms with van der Waals surface area (Å²) in [5, 5.41) is 0. The number of hydrogen-bond acceptors (Lipinski definition) is 5. The van der Waals surface area contributed by atoms with E-state index in [0.29, 0.717) is 13.1 Å². The van der Waals surface area contributed by atoms with Crippen molar-refractivity contribution in [3.05, 3.63) is 89.5 Å². The van der Waals surface area contributed by atoms with Gasteiger partial charge in [0.05, 0.1) is 11.5 Å². The van der Waals surface area contributed by atoms with Gasteiger partial charge in [-0.3, -0.25) is 0 Å². The fourth-order valence-electron chi connectivity index (χ4n) is 5.40. The summed E-state index contributed by atoms with van der Waals surface area (Å²) in [7, 11) is -3.25. The van der Waals surface area contributed by atoms with Gasteiger partial charge >= 0.3 is 6.09 Å². The molecule has 0 bridgehead atoms. The summed E-state index contributed by atoms with van der Waals surface area (Å²) in [6.45, 7) is 6.93. The Balaban J connectivity index is 1.21. The van der Waals surface area contributed by atoms with Gasteiger partial charge in [0.1, 0.15) is 17.0 Å². The molecule has 0 saturated carbocycles. The second-order valence-corrected chi connectivity index (χ2v) is 13.9. The molecule has 0 radical (unpaired) electrons. The first-order valence-corrected chi connectivity index (χ1v) is 15.5. The fraction of sp³-hybridized carbons (Fsp3) is 0.406. The number of amides is 1. The minimum Gasteiger partial charge on any atom is -0.487 e. The molecule has 7 heteroatoms. The summed E-state index contributed by atoms with van der Waals surface area (Å²) in [6.07, 6.45) is 3.18. The minimum atomic E-state index is -3.25. The Bertz CT molecular complexity index is 1420. The van der Waals surface area contributed by atoms with Crippen molar-refractivity contribution in [2.75, 3.05) is 13.1 Å². The standard InChI is InChI=1S/C32H37NO5S/c1-31(2,3)38-30(34)33-19-17-32(18-20-33)16-15-28-21-27(13-14-29(28)37-32)26-11-9-25(10-12-26)23-39(35,36)22-24-7-5-4-6-8-24/h4-14,21H,15-20,22-23H2,1-3H3. The molecule has 1 fully saturated rings. The van der Waals surface area contributed by atoms with E-state index < -0.39 is 15.4 Å². The van der Waals surface area contributed by atoms with Crippen LogP contribution in [-0.4, -0.2) is 43.7 Å². The smallest absolute Gasteiger partial charge is 0.410 e. The van der Waals surface area contributed by atoms with Crippen LogP contribution in [0.15, 0.2) is 72.8 Å². The van der Waals surface area contributed by atoms with E-state index in [2.05, 4.69) is 12.1 Å². The summed E-state index contributed by atoms with van der Waals surface area (Å²) in [6, 6.07) is 23.4. The van der Waals surface area contributed by atoms with Crippen LogP contribution >= 0.6 is 0 Å². The van der Waals surface area contributed by atoms with Crippen molar-refractivity contribution in [3.63, 3.8) is 0 Å². The zero-order valence-corrected chi connectivity index (χ0v) is 23.8. The van der Waals surface area contributed by atoms with Crippen LogP contribution in [0.2, 0.25) is 0 Å². The first-order chi connectivity index (χ1) is 18.5. The molecule has 206 valence electrons. The number of likely N-dealkylation sites (tertiary alicyclic amines) is 1. The number of ether oxygens (including phenoxy) is 2. The number of carbonyl (C=O) groups is 1. The lowest BCUT2D eigenvalue weighted by Gasteiger charge is -2.44. The zero-order chi connectivity index (χ0) is 27.7. The van der Waals surface area contributed by atoms with Gasteiger partial charge in [-0.1, -0.05) is 60.7 Å². The van der Waals surface area contributed by atoms with Crippen molar-refractivity contribution in [1.29, 1.82) is 0 Å². The second-order valence-electron chi connectivity index (χ2n) is 11.8. The number of hydrogen-bond donors (Lipinski definition) is 0. The minimum absolute atomic E-state index is 0.0215. The van der Waals surface area contributed by atoms with Crippen LogP contribution in [0.5, 0.6) is 5.75 Å². The lowest BCUT2D eigenvalue weighted by Crippen LogP contribution is -2.52. The van der Waals surface area contributed by atoms with Gasteiger partial charge in [0.15, 0.2) is 9.84 Å². The lowest BCUT2D eigenvalue weighted by atomic mass is 9.82. The second kappa shape index (κ2) is 10.7. The third-order valence-electron chi connectivity index (χ3n) is 7.47. The molecule has 2 heterocycles. The number of piperidine rings is 1. The first-order valence-electron chi connectivity index (χ1n) is 13.6. The Labute approximate surface area is 231 Å². The number of fused-ring (bicyclic) bond motifs is 1.